The van der Waals surface area contributed by atoms with Crippen molar-refractivity contribution in [3.63, 3.8) is 0 Å². The van der Waals surface area contributed by atoms with Crippen molar-refractivity contribution in [1.82, 2.24) is 4.31 Å². The van der Waals surface area contributed by atoms with Crippen molar-refractivity contribution in [2.24, 2.45) is 0 Å². The van der Waals surface area contributed by atoms with E-state index in [1.165, 1.54) is 25.2 Å². The van der Waals surface area contributed by atoms with Crippen molar-refractivity contribution in [3.05, 3.63) is 23.8 Å². The van der Waals surface area contributed by atoms with Crippen LogP contribution in [0.1, 0.15) is 12.5 Å². The molecule has 0 atom stereocenters. The normalized spacial score (nSPS) is 11.3. The maximum Gasteiger partial charge on any atom is 0.243 e. The zero-order chi connectivity index (χ0) is 14.5. The van der Waals surface area contributed by atoms with Crippen LogP contribution in [0, 0.1) is 12.3 Å². The summed E-state index contributed by atoms with van der Waals surface area (Å²) in [5.74, 6) is 2.75. The number of nitrogens with zero attached hydrogens (tertiary/aromatic N) is 1. The van der Waals surface area contributed by atoms with Crippen LogP contribution in [0.2, 0.25) is 0 Å². The molecule has 5 nitrogen and oxygen atoms in total. The predicted octanol–water partition coefficient (Wildman–Crippen LogP) is 0.831. The highest BCUT2D eigenvalue weighted by Crippen LogP contribution is 2.24. The fourth-order valence-corrected chi connectivity index (χ4v) is 2.67. The minimum Gasteiger partial charge on any atom is -0.494 e. The van der Waals surface area contributed by atoms with Crippen LogP contribution in [-0.2, 0) is 16.6 Å². The number of rotatable bonds is 6. The third kappa shape index (κ3) is 3.47. The summed E-state index contributed by atoms with van der Waals surface area (Å²) in [5, 5.41) is 9.26. The Hall–Kier alpha value is -1.55. The van der Waals surface area contributed by atoms with Crippen molar-refractivity contribution >= 4 is 10.0 Å². The van der Waals surface area contributed by atoms with Gasteiger partial charge in [0, 0.05) is 12.6 Å². The fraction of sp³-hybridized carbons (Fsp3) is 0.385. The van der Waals surface area contributed by atoms with Gasteiger partial charge < -0.3 is 9.84 Å². The molecular formula is C13H17NO4S. The number of hydrogen-bond acceptors (Lipinski definition) is 4. The monoisotopic (exact) mass is 283 g/mol. The molecule has 1 N–H and O–H groups in total. The van der Waals surface area contributed by atoms with Gasteiger partial charge in [-0.15, -0.1) is 6.42 Å². The van der Waals surface area contributed by atoms with E-state index in [9.17, 15) is 13.5 Å². The van der Waals surface area contributed by atoms with Crippen LogP contribution >= 0.6 is 0 Å². The summed E-state index contributed by atoms with van der Waals surface area (Å²) in [6.07, 6.45) is 5.11. The maximum atomic E-state index is 12.2. The standard InChI is InChI=1S/C13H17NO4S/c1-4-8-14(3)19(16,17)12-6-7-13(18-5-2)11(9-12)10-15/h1,6-7,9,15H,5,8,10H2,2-3H3. The first-order valence-corrected chi connectivity index (χ1v) is 7.17. The number of terminal acetylenes is 1. The number of benzene rings is 1. The van der Waals surface area contributed by atoms with Gasteiger partial charge in [-0.1, -0.05) is 5.92 Å². The van der Waals surface area contributed by atoms with Crippen LogP contribution in [0.15, 0.2) is 23.1 Å². The van der Waals surface area contributed by atoms with Gasteiger partial charge in [0.2, 0.25) is 10.0 Å². The Morgan fingerprint density at radius 2 is 2.16 bits per heavy atom. The molecule has 0 saturated heterocycles. The first-order chi connectivity index (χ1) is 8.97. The minimum absolute atomic E-state index is 0.00992. The lowest BCUT2D eigenvalue weighted by Gasteiger charge is -2.16. The van der Waals surface area contributed by atoms with Gasteiger partial charge in [-0.05, 0) is 25.1 Å². The molecule has 0 aliphatic rings. The van der Waals surface area contributed by atoms with E-state index in [0.29, 0.717) is 17.9 Å². The zero-order valence-electron chi connectivity index (χ0n) is 11.0. The summed E-state index contributed by atoms with van der Waals surface area (Å²) < 4.78 is 30.7. The van der Waals surface area contributed by atoms with E-state index in [4.69, 9.17) is 11.2 Å². The molecule has 0 saturated carbocycles. The van der Waals surface area contributed by atoms with Gasteiger partial charge in [0.25, 0.3) is 0 Å². The van der Waals surface area contributed by atoms with Gasteiger partial charge >= 0.3 is 0 Å². The average molecular weight is 283 g/mol. The van der Waals surface area contributed by atoms with E-state index in [2.05, 4.69) is 5.92 Å². The second-order valence-electron chi connectivity index (χ2n) is 3.83. The smallest absolute Gasteiger partial charge is 0.243 e. The summed E-state index contributed by atoms with van der Waals surface area (Å²) in [4.78, 5) is 0.0813. The zero-order valence-corrected chi connectivity index (χ0v) is 11.8. The molecule has 19 heavy (non-hydrogen) atoms. The highest BCUT2D eigenvalue weighted by atomic mass is 32.2. The predicted molar refractivity (Wildman–Crippen MR) is 72.2 cm³/mol. The quantitative estimate of drug-likeness (QED) is 0.785. The van der Waals surface area contributed by atoms with Crippen molar-refractivity contribution in [2.75, 3.05) is 20.2 Å². The molecule has 0 radical (unpaired) electrons. The summed E-state index contributed by atoms with van der Waals surface area (Å²) in [5.41, 5.74) is 0.428. The largest absolute Gasteiger partial charge is 0.494 e. The van der Waals surface area contributed by atoms with Gasteiger partial charge in [0.1, 0.15) is 5.75 Å². The van der Waals surface area contributed by atoms with E-state index in [1.807, 2.05) is 6.92 Å². The Kier molecular flexibility index (Phi) is 5.36. The summed E-state index contributed by atoms with van der Waals surface area (Å²) in [7, 11) is -2.23. The number of sulfonamides is 1. The van der Waals surface area contributed by atoms with E-state index in [1.54, 1.807) is 0 Å². The molecular weight excluding hydrogens is 266 g/mol. The Morgan fingerprint density at radius 3 is 2.68 bits per heavy atom. The summed E-state index contributed by atoms with van der Waals surface area (Å²) in [6, 6.07) is 4.37. The molecule has 0 heterocycles. The minimum atomic E-state index is -3.64. The molecule has 0 unspecified atom stereocenters. The molecule has 104 valence electrons. The third-order valence-corrected chi connectivity index (χ3v) is 4.32. The van der Waals surface area contributed by atoms with Crippen LogP contribution in [0.5, 0.6) is 5.75 Å². The lowest BCUT2D eigenvalue weighted by Crippen LogP contribution is -2.27. The average Bonchev–Trinajstić information content (AvgIpc) is 2.39. The molecule has 0 aliphatic carbocycles. The van der Waals surface area contributed by atoms with E-state index >= 15 is 0 Å². The Bertz CT molecular complexity index is 575. The first-order valence-electron chi connectivity index (χ1n) is 5.73. The molecule has 0 aromatic heterocycles. The van der Waals surface area contributed by atoms with Gasteiger partial charge in [0.05, 0.1) is 24.7 Å². The van der Waals surface area contributed by atoms with Crippen LogP contribution in [-0.4, -0.2) is 38.0 Å². The fourth-order valence-electron chi connectivity index (χ4n) is 1.53. The number of hydrogen-bond donors (Lipinski definition) is 1. The van der Waals surface area contributed by atoms with E-state index in [0.717, 1.165) is 4.31 Å². The Balaban J connectivity index is 3.19. The first kappa shape index (κ1) is 15.5. The SMILES string of the molecule is C#CCN(C)S(=O)(=O)c1ccc(OCC)c(CO)c1. The Labute approximate surface area is 113 Å². The molecule has 0 fully saturated rings. The molecule has 0 bridgehead atoms. The number of ether oxygens (including phenoxy) is 1. The highest BCUT2D eigenvalue weighted by Gasteiger charge is 2.21. The van der Waals surface area contributed by atoms with Crippen LogP contribution in [0.3, 0.4) is 0 Å². The molecule has 0 spiro atoms. The lowest BCUT2D eigenvalue weighted by molar-refractivity contribution is 0.266. The van der Waals surface area contributed by atoms with E-state index in [-0.39, 0.29) is 18.0 Å². The van der Waals surface area contributed by atoms with Crippen molar-refractivity contribution in [3.8, 4) is 18.1 Å². The van der Waals surface area contributed by atoms with Crippen molar-refractivity contribution in [2.45, 2.75) is 18.4 Å². The van der Waals surface area contributed by atoms with Gasteiger partial charge in [-0.25, -0.2) is 8.42 Å². The van der Waals surface area contributed by atoms with Crippen molar-refractivity contribution in [1.29, 1.82) is 0 Å². The van der Waals surface area contributed by atoms with E-state index < -0.39 is 10.0 Å². The molecule has 0 amide bonds. The lowest BCUT2D eigenvalue weighted by atomic mass is 10.2. The highest BCUT2D eigenvalue weighted by molar-refractivity contribution is 7.89. The van der Waals surface area contributed by atoms with Crippen LogP contribution in [0.4, 0.5) is 0 Å². The van der Waals surface area contributed by atoms with Crippen molar-refractivity contribution < 1.29 is 18.3 Å². The molecule has 6 heteroatoms. The molecule has 0 aliphatic heterocycles. The Morgan fingerprint density at radius 1 is 1.47 bits per heavy atom. The molecule has 1 aromatic carbocycles. The van der Waals surface area contributed by atoms with Gasteiger partial charge in [-0.3, -0.25) is 0 Å². The molecule has 1 rings (SSSR count). The summed E-state index contributed by atoms with van der Waals surface area (Å²) in [6.45, 7) is 1.95. The number of aliphatic hydroxyl groups excluding tert-OH is 1. The van der Waals surface area contributed by atoms with Gasteiger partial charge in [0.15, 0.2) is 0 Å². The summed E-state index contributed by atoms with van der Waals surface area (Å²) >= 11 is 0. The van der Waals surface area contributed by atoms with Crippen LogP contribution in [0.25, 0.3) is 0 Å². The molecule has 1 aromatic rings. The maximum absolute atomic E-state index is 12.2. The van der Waals surface area contributed by atoms with Crippen LogP contribution < -0.4 is 4.74 Å². The third-order valence-electron chi connectivity index (χ3n) is 2.52. The second kappa shape index (κ2) is 6.57. The number of aliphatic hydroxyl groups is 1. The topological polar surface area (TPSA) is 66.8 Å². The van der Waals surface area contributed by atoms with Gasteiger partial charge in [-0.2, -0.15) is 4.31 Å². The second-order valence-corrected chi connectivity index (χ2v) is 5.87.